The zero-order valence-corrected chi connectivity index (χ0v) is 19.1. The number of aliphatic hydroxyl groups is 1. The number of nitro groups is 1. The highest BCUT2D eigenvalue weighted by molar-refractivity contribution is 5.90. The zero-order valence-electron chi connectivity index (χ0n) is 19.1. The molecule has 1 N–H and O–H groups in total. The van der Waals surface area contributed by atoms with Crippen LogP contribution in [-0.2, 0) is 9.53 Å². The van der Waals surface area contributed by atoms with Crippen LogP contribution in [0.1, 0.15) is 39.5 Å². The molecular weight excluding hydrogens is 406 g/mol. The Kier molecular flexibility index (Phi) is 6.46. The van der Waals surface area contributed by atoms with Gasteiger partial charge in [0.1, 0.15) is 0 Å². The molecule has 0 aliphatic rings. The Morgan fingerprint density at radius 3 is 1.81 bits per heavy atom. The molecule has 0 saturated carbocycles. The number of aliphatic hydroxyl groups excluding tert-OH is 1. The summed E-state index contributed by atoms with van der Waals surface area (Å²) >= 11 is 0. The number of methoxy groups -OCH3 is 1. The van der Waals surface area contributed by atoms with Crippen molar-refractivity contribution in [3.63, 3.8) is 0 Å². The average molecular weight is 434 g/mol. The van der Waals surface area contributed by atoms with E-state index in [-0.39, 0.29) is 11.3 Å². The standard InChI is InChI=1S/C26H27NO5/c1-14-7-9-19(11-16(14)3)23-18(5)24(20-10-8-15(2)17(4)12-20)22(27(30)31)13-21(23)25(28)26(29)32-6/h7-13,25,28H,1-6H3. The second-order valence-electron chi connectivity index (χ2n) is 8.14. The van der Waals surface area contributed by atoms with Gasteiger partial charge in [0.05, 0.1) is 17.6 Å². The first kappa shape index (κ1) is 23.2. The predicted octanol–water partition coefficient (Wildman–Crippen LogP) is 5.68. The Morgan fingerprint density at radius 2 is 1.38 bits per heavy atom. The van der Waals surface area contributed by atoms with Gasteiger partial charge in [-0.25, -0.2) is 4.79 Å². The summed E-state index contributed by atoms with van der Waals surface area (Å²) in [4.78, 5) is 23.8. The maximum absolute atomic E-state index is 12.2. The topological polar surface area (TPSA) is 89.7 Å². The van der Waals surface area contributed by atoms with Crippen molar-refractivity contribution in [2.45, 2.75) is 40.7 Å². The molecule has 6 heteroatoms. The molecule has 0 aliphatic carbocycles. The number of benzene rings is 3. The molecule has 0 spiro atoms. The molecule has 3 aromatic carbocycles. The van der Waals surface area contributed by atoms with Crippen LogP contribution in [0, 0.1) is 44.7 Å². The first-order valence-electron chi connectivity index (χ1n) is 10.3. The van der Waals surface area contributed by atoms with Crippen LogP contribution in [0.5, 0.6) is 0 Å². The maximum atomic E-state index is 12.2. The number of nitro benzene ring substituents is 1. The molecule has 0 radical (unpaired) electrons. The molecule has 1 unspecified atom stereocenters. The van der Waals surface area contributed by atoms with E-state index in [1.54, 1.807) is 6.92 Å². The molecule has 3 aromatic rings. The molecule has 166 valence electrons. The van der Waals surface area contributed by atoms with Crippen molar-refractivity contribution in [1.29, 1.82) is 0 Å². The summed E-state index contributed by atoms with van der Waals surface area (Å²) in [5.74, 6) is -0.872. The van der Waals surface area contributed by atoms with Crippen molar-refractivity contribution in [2.24, 2.45) is 0 Å². The summed E-state index contributed by atoms with van der Waals surface area (Å²) < 4.78 is 4.73. The summed E-state index contributed by atoms with van der Waals surface area (Å²) in [7, 11) is 1.17. The molecule has 0 saturated heterocycles. The number of ether oxygens (including phenoxy) is 1. The van der Waals surface area contributed by atoms with Crippen LogP contribution >= 0.6 is 0 Å². The van der Waals surface area contributed by atoms with E-state index in [9.17, 15) is 20.0 Å². The van der Waals surface area contributed by atoms with Gasteiger partial charge in [-0.15, -0.1) is 0 Å². The number of hydrogen-bond acceptors (Lipinski definition) is 5. The molecule has 0 heterocycles. The van der Waals surface area contributed by atoms with Crippen LogP contribution < -0.4 is 0 Å². The first-order valence-corrected chi connectivity index (χ1v) is 10.3. The summed E-state index contributed by atoms with van der Waals surface area (Å²) in [6.45, 7) is 9.69. The minimum Gasteiger partial charge on any atom is -0.467 e. The monoisotopic (exact) mass is 433 g/mol. The highest BCUT2D eigenvalue weighted by Crippen LogP contribution is 2.43. The second-order valence-corrected chi connectivity index (χ2v) is 8.14. The van der Waals surface area contributed by atoms with Crippen molar-refractivity contribution < 1.29 is 19.6 Å². The van der Waals surface area contributed by atoms with Crippen molar-refractivity contribution in [1.82, 2.24) is 0 Å². The minimum atomic E-state index is -1.65. The number of carbonyl (C=O) groups is 1. The minimum absolute atomic E-state index is 0.150. The van der Waals surface area contributed by atoms with Gasteiger partial charge in [0.15, 0.2) is 6.10 Å². The Balaban J connectivity index is 2.45. The van der Waals surface area contributed by atoms with E-state index in [2.05, 4.69) is 0 Å². The van der Waals surface area contributed by atoms with Crippen LogP contribution in [0.4, 0.5) is 5.69 Å². The number of carbonyl (C=O) groups excluding carboxylic acids is 1. The Hall–Kier alpha value is -3.51. The van der Waals surface area contributed by atoms with Crippen LogP contribution in [0.25, 0.3) is 22.3 Å². The molecule has 0 amide bonds. The van der Waals surface area contributed by atoms with Crippen LogP contribution in [0.3, 0.4) is 0 Å². The SMILES string of the molecule is COC(=O)C(O)c1cc([N+](=O)[O-])c(-c2ccc(C)c(C)c2)c(C)c1-c1ccc(C)c(C)c1. The molecular formula is C26H27NO5. The summed E-state index contributed by atoms with van der Waals surface area (Å²) in [5.41, 5.74) is 7.35. The van der Waals surface area contributed by atoms with Gasteiger partial charge >= 0.3 is 5.97 Å². The van der Waals surface area contributed by atoms with Crippen molar-refractivity contribution in [2.75, 3.05) is 7.11 Å². The van der Waals surface area contributed by atoms with Crippen molar-refractivity contribution in [3.8, 4) is 22.3 Å². The molecule has 0 aliphatic heterocycles. The summed E-state index contributed by atoms with van der Waals surface area (Å²) in [6.07, 6.45) is -1.65. The lowest BCUT2D eigenvalue weighted by atomic mass is 9.84. The van der Waals surface area contributed by atoms with Gasteiger partial charge in [-0.1, -0.05) is 36.4 Å². The third-order valence-corrected chi connectivity index (χ3v) is 6.09. The van der Waals surface area contributed by atoms with Gasteiger partial charge in [-0.05, 0) is 79.1 Å². The van der Waals surface area contributed by atoms with Crippen molar-refractivity contribution in [3.05, 3.63) is 86.0 Å². The van der Waals surface area contributed by atoms with E-state index in [0.29, 0.717) is 22.3 Å². The van der Waals surface area contributed by atoms with E-state index >= 15 is 0 Å². The Labute approximate surface area is 187 Å². The number of hydrogen-bond donors (Lipinski definition) is 1. The highest BCUT2D eigenvalue weighted by atomic mass is 16.6. The molecule has 3 rings (SSSR count). The van der Waals surface area contributed by atoms with Gasteiger partial charge in [-0.3, -0.25) is 10.1 Å². The van der Waals surface area contributed by atoms with E-state index in [1.165, 1.54) is 13.2 Å². The first-order chi connectivity index (χ1) is 15.1. The van der Waals surface area contributed by atoms with Gasteiger partial charge in [-0.2, -0.15) is 0 Å². The fourth-order valence-corrected chi connectivity index (χ4v) is 3.96. The molecule has 0 aromatic heterocycles. The molecule has 6 nitrogen and oxygen atoms in total. The van der Waals surface area contributed by atoms with E-state index in [4.69, 9.17) is 4.74 Å². The lowest BCUT2D eigenvalue weighted by Gasteiger charge is -2.21. The second kappa shape index (κ2) is 8.93. The van der Waals surface area contributed by atoms with Crippen LogP contribution in [-0.4, -0.2) is 23.1 Å². The fourth-order valence-electron chi connectivity index (χ4n) is 3.96. The maximum Gasteiger partial charge on any atom is 0.339 e. The van der Waals surface area contributed by atoms with Gasteiger partial charge in [0, 0.05) is 11.6 Å². The smallest absolute Gasteiger partial charge is 0.339 e. The molecule has 32 heavy (non-hydrogen) atoms. The largest absolute Gasteiger partial charge is 0.467 e. The van der Waals surface area contributed by atoms with Crippen LogP contribution in [0.2, 0.25) is 0 Å². The Morgan fingerprint density at radius 1 is 0.875 bits per heavy atom. The number of nitrogens with zero attached hydrogens (tertiary/aromatic N) is 1. The van der Waals surface area contributed by atoms with Crippen LogP contribution in [0.15, 0.2) is 42.5 Å². The van der Waals surface area contributed by atoms with Crippen molar-refractivity contribution >= 4 is 11.7 Å². The predicted molar refractivity (Wildman–Crippen MR) is 125 cm³/mol. The van der Waals surface area contributed by atoms with E-state index in [1.807, 2.05) is 64.1 Å². The van der Waals surface area contributed by atoms with Gasteiger partial charge in [0.2, 0.25) is 0 Å². The highest BCUT2D eigenvalue weighted by Gasteiger charge is 2.30. The van der Waals surface area contributed by atoms with E-state index in [0.717, 1.165) is 27.8 Å². The number of esters is 1. The number of rotatable bonds is 5. The molecule has 1 atom stereocenters. The lowest BCUT2D eigenvalue weighted by Crippen LogP contribution is -2.16. The zero-order chi connectivity index (χ0) is 23.7. The number of aryl methyl sites for hydroxylation is 4. The fraction of sp³-hybridized carbons (Fsp3) is 0.269. The summed E-state index contributed by atoms with van der Waals surface area (Å²) in [5, 5.41) is 22.8. The normalized spacial score (nSPS) is 11.8. The Bertz CT molecular complexity index is 1230. The van der Waals surface area contributed by atoms with Gasteiger partial charge in [0.25, 0.3) is 5.69 Å². The quantitative estimate of drug-likeness (QED) is 0.318. The molecule has 0 fully saturated rings. The molecule has 0 bridgehead atoms. The van der Waals surface area contributed by atoms with E-state index < -0.39 is 17.0 Å². The van der Waals surface area contributed by atoms with Gasteiger partial charge < -0.3 is 9.84 Å². The lowest BCUT2D eigenvalue weighted by molar-refractivity contribution is -0.384. The third-order valence-electron chi connectivity index (χ3n) is 6.09. The average Bonchev–Trinajstić information content (AvgIpc) is 2.76. The summed E-state index contributed by atoms with van der Waals surface area (Å²) in [6, 6.07) is 12.8. The third kappa shape index (κ3) is 4.14.